The first kappa shape index (κ1) is 19.9. The number of carboxylic acid groups (broad SMARTS) is 1. The van der Waals surface area contributed by atoms with E-state index < -0.39 is 5.97 Å². The van der Waals surface area contributed by atoms with Gasteiger partial charge in [0.2, 0.25) is 11.8 Å². The Hall–Kier alpha value is -2.44. The van der Waals surface area contributed by atoms with Gasteiger partial charge in [-0.25, -0.2) is 4.39 Å². The molecule has 1 fully saturated rings. The molecule has 0 aromatic heterocycles. The Morgan fingerprint density at radius 3 is 2.23 bits per heavy atom. The van der Waals surface area contributed by atoms with Crippen molar-refractivity contribution in [1.29, 1.82) is 0 Å². The minimum absolute atomic E-state index is 0.0324. The summed E-state index contributed by atoms with van der Waals surface area (Å²) in [6.45, 7) is 2.47. The first-order valence-electron chi connectivity index (χ1n) is 8.93. The molecule has 0 radical (unpaired) electrons. The van der Waals surface area contributed by atoms with Crippen LogP contribution in [0.4, 0.5) is 4.39 Å². The molecule has 2 N–H and O–H groups in total. The molecule has 0 heterocycles. The number of carbonyl (C=O) groups is 3. The van der Waals surface area contributed by atoms with Gasteiger partial charge in [-0.15, -0.1) is 0 Å². The van der Waals surface area contributed by atoms with Gasteiger partial charge in [0.15, 0.2) is 0 Å². The smallest absolute Gasteiger partial charge is 0.306 e. The molecule has 0 spiro atoms. The van der Waals surface area contributed by atoms with Crippen molar-refractivity contribution in [1.82, 2.24) is 10.2 Å². The summed E-state index contributed by atoms with van der Waals surface area (Å²) in [5, 5.41) is 11.8. The molecule has 1 aromatic rings. The maximum Gasteiger partial charge on any atom is 0.306 e. The average molecular weight is 364 g/mol. The van der Waals surface area contributed by atoms with Crippen molar-refractivity contribution >= 4 is 17.8 Å². The lowest BCUT2D eigenvalue weighted by Crippen LogP contribution is -2.44. The van der Waals surface area contributed by atoms with Gasteiger partial charge in [-0.3, -0.25) is 14.4 Å². The van der Waals surface area contributed by atoms with Crippen molar-refractivity contribution < 1.29 is 23.9 Å². The second-order valence-electron chi connectivity index (χ2n) is 6.64. The van der Waals surface area contributed by atoms with Gasteiger partial charge in [0.05, 0.1) is 12.5 Å². The first-order chi connectivity index (χ1) is 12.4. The first-order valence-corrected chi connectivity index (χ1v) is 8.93. The van der Waals surface area contributed by atoms with Gasteiger partial charge >= 0.3 is 5.97 Å². The largest absolute Gasteiger partial charge is 0.481 e. The zero-order valence-electron chi connectivity index (χ0n) is 14.9. The predicted molar refractivity (Wildman–Crippen MR) is 93.6 cm³/mol. The van der Waals surface area contributed by atoms with Gasteiger partial charge < -0.3 is 15.3 Å². The molecule has 0 bridgehead atoms. The lowest BCUT2D eigenvalue weighted by molar-refractivity contribution is -0.146. The summed E-state index contributed by atoms with van der Waals surface area (Å²) < 4.78 is 12.9. The van der Waals surface area contributed by atoms with Crippen molar-refractivity contribution in [3.8, 4) is 0 Å². The van der Waals surface area contributed by atoms with Gasteiger partial charge in [-0.2, -0.15) is 0 Å². The second-order valence-corrected chi connectivity index (χ2v) is 6.64. The van der Waals surface area contributed by atoms with Crippen LogP contribution in [0.2, 0.25) is 0 Å². The molecule has 1 aromatic carbocycles. The van der Waals surface area contributed by atoms with Gasteiger partial charge in [-0.05, 0) is 50.3 Å². The van der Waals surface area contributed by atoms with Crippen LogP contribution in [0.5, 0.6) is 0 Å². The molecule has 1 aliphatic rings. The highest BCUT2D eigenvalue weighted by atomic mass is 19.1. The maximum atomic E-state index is 12.9. The molecule has 1 saturated carbocycles. The Bertz CT molecular complexity index is 639. The molecule has 26 heavy (non-hydrogen) atoms. The average Bonchev–Trinajstić information content (AvgIpc) is 2.65. The highest BCUT2D eigenvalue weighted by Crippen LogP contribution is 2.30. The van der Waals surface area contributed by atoms with E-state index in [1.807, 2.05) is 6.92 Å². The van der Waals surface area contributed by atoms with E-state index in [0.717, 1.165) is 5.56 Å². The number of carbonyl (C=O) groups excluding carboxylic acids is 2. The van der Waals surface area contributed by atoms with Crippen molar-refractivity contribution in [3.05, 3.63) is 35.6 Å². The summed E-state index contributed by atoms with van der Waals surface area (Å²) in [5.74, 6) is -2.08. The summed E-state index contributed by atoms with van der Waals surface area (Å²) in [6, 6.07) is 5.85. The van der Waals surface area contributed by atoms with Gasteiger partial charge in [0, 0.05) is 19.0 Å². The van der Waals surface area contributed by atoms with Gasteiger partial charge in [-0.1, -0.05) is 12.1 Å². The molecule has 0 unspecified atom stereocenters. The third kappa shape index (κ3) is 5.54. The third-order valence-electron chi connectivity index (χ3n) is 4.86. The molecule has 142 valence electrons. The fraction of sp³-hybridized carbons (Fsp3) is 0.526. The van der Waals surface area contributed by atoms with Crippen molar-refractivity contribution in [2.75, 3.05) is 13.1 Å². The van der Waals surface area contributed by atoms with Crippen LogP contribution in [0, 0.1) is 17.7 Å². The summed E-state index contributed by atoms with van der Waals surface area (Å²) >= 11 is 0. The van der Waals surface area contributed by atoms with Crippen LogP contribution in [-0.2, 0) is 20.9 Å². The Kier molecular flexibility index (Phi) is 7.12. The number of aliphatic carboxylic acids is 1. The molecule has 2 amide bonds. The number of likely N-dealkylation sites (N-methyl/N-ethyl adjacent to an activating group) is 1. The van der Waals surface area contributed by atoms with Crippen molar-refractivity contribution in [2.45, 2.75) is 39.2 Å². The molecular weight excluding hydrogens is 339 g/mol. The zero-order valence-corrected chi connectivity index (χ0v) is 14.9. The lowest BCUT2D eigenvalue weighted by Gasteiger charge is -2.30. The Balaban J connectivity index is 1.81. The van der Waals surface area contributed by atoms with Crippen LogP contribution < -0.4 is 5.32 Å². The van der Waals surface area contributed by atoms with Crippen molar-refractivity contribution in [2.24, 2.45) is 11.8 Å². The fourth-order valence-electron chi connectivity index (χ4n) is 3.22. The lowest BCUT2D eigenvalue weighted by atomic mass is 9.81. The van der Waals surface area contributed by atoms with Crippen molar-refractivity contribution in [3.63, 3.8) is 0 Å². The number of rotatable bonds is 7. The Morgan fingerprint density at radius 1 is 1.12 bits per heavy atom. The highest BCUT2D eigenvalue weighted by molar-refractivity contribution is 5.86. The number of nitrogens with one attached hydrogen (secondary N) is 1. The predicted octanol–water partition coefficient (Wildman–Crippen LogP) is 2.18. The molecule has 0 atom stereocenters. The van der Waals surface area contributed by atoms with Crippen LogP contribution in [0.3, 0.4) is 0 Å². The van der Waals surface area contributed by atoms with E-state index in [2.05, 4.69) is 5.32 Å². The maximum absolute atomic E-state index is 12.9. The summed E-state index contributed by atoms with van der Waals surface area (Å²) in [7, 11) is 0. The van der Waals surface area contributed by atoms with E-state index in [-0.39, 0.29) is 42.6 Å². The summed E-state index contributed by atoms with van der Waals surface area (Å²) in [6.07, 6.45) is 2.09. The number of carboxylic acids is 1. The SMILES string of the molecule is CCN(CC(=O)NCc1ccc(F)cc1)C(=O)C1CCC(C(=O)O)CC1. The number of benzene rings is 1. The van der Waals surface area contributed by atoms with E-state index in [1.54, 1.807) is 12.1 Å². The van der Waals surface area contributed by atoms with E-state index in [9.17, 15) is 18.8 Å². The molecular formula is C19H25FN2O4. The molecule has 0 aliphatic heterocycles. The number of hydrogen-bond donors (Lipinski definition) is 2. The quantitative estimate of drug-likeness (QED) is 0.776. The van der Waals surface area contributed by atoms with E-state index in [0.29, 0.717) is 32.2 Å². The number of halogens is 1. The van der Waals surface area contributed by atoms with Crippen LogP contribution >= 0.6 is 0 Å². The monoisotopic (exact) mass is 364 g/mol. The molecule has 0 saturated heterocycles. The minimum Gasteiger partial charge on any atom is -0.481 e. The molecule has 1 aliphatic carbocycles. The summed E-state index contributed by atoms with van der Waals surface area (Å²) in [4.78, 5) is 37.2. The highest BCUT2D eigenvalue weighted by Gasteiger charge is 2.32. The van der Waals surface area contributed by atoms with Gasteiger partial charge in [0.1, 0.15) is 5.82 Å². The molecule has 6 nitrogen and oxygen atoms in total. The summed E-state index contributed by atoms with van der Waals surface area (Å²) in [5.41, 5.74) is 0.779. The second kappa shape index (κ2) is 9.31. The molecule has 7 heteroatoms. The van der Waals surface area contributed by atoms with Gasteiger partial charge in [0.25, 0.3) is 0 Å². The Morgan fingerprint density at radius 2 is 1.69 bits per heavy atom. The standard InChI is InChI=1S/C19H25FN2O4/c1-2-22(18(24)14-5-7-15(8-6-14)19(25)26)12-17(23)21-11-13-3-9-16(20)10-4-13/h3-4,9-10,14-15H,2,5-8,11-12H2,1H3,(H,21,23)(H,25,26). The van der Waals surface area contributed by atoms with Crippen LogP contribution in [0.25, 0.3) is 0 Å². The van der Waals surface area contributed by atoms with Crippen LogP contribution in [0.15, 0.2) is 24.3 Å². The fourth-order valence-corrected chi connectivity index (χ4v) is 3.22. The minimum atomic E-state index is -0.802. The number of amides is 2. The normalized spacial score (nSPS) is 19.6. The zero-order chi connectivity index (χ0) is 19.1. The van der Waals surface area contributed by atoms with E-state index in [4.69, 9.17) is 5.11 Å². The van der Waals surface area contributed by atoms with Crippen LogP contribution in [0.1, 0.15) is 38.2 Å². The topological polar surface area (TPSA) is 86.7 Å². The van der Waals surface area contributed by atoms with Crippen LogP contribution in [-0.4, -0.2) is 40.9 Å². The Labute approximate surface area is 152 Å². The number of nitrogens with zero attached hydrogens (tertiary/aromatic N) is 1. The van der Waals surface area contributed by atoms with E-state index >= 15 is 0 Å². The third-order valence-corrected chi connectivity index (χ3v) is 4.86. The van der Waals surface area contributed by atoms with E-state index in [1.165, 1.54) is 17.0 Å². The number of hydrogen-bond acceptors (Lipinski definition) is 3. The molecule has 2 rings (SSSR count).